The topological polar surface area (TPSA) is 59.1 Å². The van der Waals surface area contributed by atoms with Crippen molar-refractivity contribution in [3.8, 4) is 5.75 Å². The van der Waals surface area contributed by atoms with Crippen LogP contribution in [0.1, 0.15) is 11.1 Å². The molecule has 3 N–H and O–H groups in total. The van der Waals surface area contributed by atoms with Crippen LogP contribution < -0.4 is 10.5 Å². The molecule has 0 atom stereocenters. The van der Waals surface area contributed by atoms with Crippen LogP contribution in [0.4, 0.5) is 4.39 Å². The number of thioether (sulfide) groups is 1. The maximum atomic E-state index is 12.8. The van der Waals surface area contributed by atoms with E-state index < -0.39 is 0 Å². The number of amidine groups is 1. The summed E-state index contributed by atoms with van der Waals surface area (Å²) < 4.78 is 18.1. The van der Waals surface area contributed by atoms with Crippen LogP contribution in [-0.4, -0.2) is 12.9 Å². The van der Waals surface area contributed by atoms with Gasteiger partial charge in [-0.3, -0.25) is 5.41 Å². The van der Waals surface area contributed by atoms with Crippen molar-refractivity contribution in [3.63, 3.8) is 0 Å². The first-order valence-electron chi connectivity index (χ1n) is 6.00. The van der Waals surface area contributed by atoms with Gasteiger partial charge in [0, 0.05) is 21.8 Å². The van der Waals surface area contributed by atoms with Crippen LogP contribution in [-0.2, 0) is 5.75 Å². The zero-order valence-corrected chi connectivity index (χ0v) is 11.8. The van der Waals surface area contributed by atoms with E-state index in [2.05, 4.69) is 0 Å². The van der Waals surface area contributed by atoms with E-state index in [-0.39, 0.29) is 11.7 Å². The van der Waals surface area contributed by atoms with Crippen molar-refractivity contribution in [2.75, 3.05) is 7.11 Å². The fourth-order valence-corrected chi connectivity index (χ4v) is 2.63. The van der Waals surface area contributed by atoms with Gasteiger partial charge < -0.3 is 10.5 Å². The number of benzene rings is 2. The molecule has 0 amide bonds. The van der Waals surface area contributed by atoms with E-state index in [1.54, 1.807) is 43.1 Å². The Morgan fingerprint density at radius 3 is 2.55 bits per heavy atom. The fourth-order valence-electron chi connectivity index (χ4n) is 1.75. The first-order valence-corrected chi connectivity index (χ1v) is 6.98. The summed E-state index contributed by atoms with van der Waals surface area (Å²) in [7, 11) is 1.61. The van der Waals surface area contributed by atoms with Crippen LogP contribution in [0, 0.1) is 11.2 Å². The van der Waals surface area contributed by atoms with Gasteiger partial charge in [-0.1, -0.05) is 0 Å². The van der Waals surface area contributed by atoms with E-state index in [1.807, 2.05) is 6.07 Å². The van der Waals surface area contributed by atoms with Crippen molar-refractivity contribution in [3.05, 3.63) is 59.4 Å². The minimum atomic E-state index is -0.245. The molecule has 0 heterocycles. The first kappa shape index (κ1) is 14.4. The second kappa shape index (κ2) is 6.43. The molecule has 0 bridgehead atoms. The van der Waals surface area contributed by atoms with Crippen molar-refractivity contribution < 1.29 is 9.13 Å². The average Bonchev–Trinajstić information content (AvgIpc) is 2.46. The van der Waals surface area contributed by atoms with Gasteiger partial charge in [0.15, 0.2) is 0 Å². The SMILES string of the molecule is COc1ccc(C(=N)N)cc1CSc1ccc(F)cc1. The number of nitrogens with two attached hydrogens (primary N) is 1. The van der Waals surface area contributed by atoms with Gasteiger partial charge in [0.25, 0.3) is 0 Å². The lowest BCUT2D eigenvalue weighted by Gasteiger charge is -2.10. The van der Waals surface area contributed by atoms with E-state index in [1.165, 1.54) is 12.1 Å². The summed E-state index contributed by atoms with van der Waals surface area (Å²) in [6, 6.07) is 11.8. The fraction of sp³-hybridized carbons (Fsp3) is 0.133. The third-order valence-corrected chi connectivity index (χ3v) is 3.86. The second-order valence-electron chi connectivity index (χ2n) is 4.18. The monoisotopic (exact) mass is 290 g/mol. The number of nitrogens with one attached hydrogen (secondary N) is 1. The van der Waals surface area contributed by atoms with E-state index in [9.17, 15) is 4.39 Å². The smallest absolute Gasteiger partial charge is 0.123 e. The first-order chi connectivity index (χ1) is 9.60. The number of rotatable bonds is 5. The van der Waals surface area contributed by atoms with Gasteiger partial charge in [0.1, 0.15) is 17.4 Å². The summed E-state index contributed by atoms with van der Waals surface area (Å²) in [5, 5.41) is 7.47. The van der Waals surface area contributed by atoms with Crippen molar-refractivity contribution in [1.82, 2.24) is 0 Å². The van der Waals surface area contributed by atoms with Gasteiger partial charge in [-0.25, -0.2) is 4.39 Å². The molecule has 2 aromatic rings. The minimum absolute atomic E-state index is 0.0284. The van der Waals surface area contributed by atoms with Crippen molar-refractivity contribution >= 4 is 17.6 Å². The number of hydrogen-bond acceptors (Lipinski definition) is 3. The molecule has 0 aliphatic rings. The van der Waals surface area contributed by atoms with Gasteiger partial charge in [-0.05, 0) is 42.5 Å². The Morgan fingerprint density at radius 1 is 1.25 bits per heavy atom. The van der Waals surface area contributed by atoms with Gasteiger partial charge in [0.2, 0.25) is 0 Å². The molecule has 5 heteroatoms. The van der Waals surface area contributed by atoms with Crippen LogP contribution in [0.5, 0.6) is 5.75 Å². The lowest BCUT2D eigenvalue weighted by molar-refractivity contribution is 0.411. The second-order valence-corrected chi connectivity index (χ2v) is 5.23. The van der Waals surface area contributed by atoms with Crippen molar-refractivity contribution in [2.24, 2.45) is 5.73 Å². The Hall–Kier alpha value is -2.01. The zero-order valence-electron chi connectivity index (χ0n) is 11.0. The molecule has 104 valence electrons. The van der Waals surface area contributed by atoms with Gasteiger partial charge in [-0.2, -0.15) is 0 Å². The van der Waals surface area contributed by atoms with Crippen LogP contribution in [0.25, 0.3) is 0 Å². The van der Waals surface area contributed by atoms with Crippen LogP contribution >= 0.6 is 11.8 Å². The van der Waals surface area contributed by atoms with Crippen LogP contribution in [0.2, 0.25) is 0 Å². The highest BCUT2D eigenvalue weighted by Crippen LogP contribution is 2.28. The summed E-state index contributed by atoms with van der Waals surface area (Å²) in [6.07, 6.45) is 0. The molecule has 0 fully saturated rings. The molecule has 0 saturated carbocycles. The Morgan fingerprint density at radius 2 is 1.95 bits per heavy atom. The Kier molecular flexibility index (Phi) is 4.63. The highest BCUT2D eigenvalue weighted by molar-refractivity contribution is 7.98. The molecule has 0 aromatic heterocycles. The molecule has 0 spiro atoms. The van der Waals surface area contributed by atoms with Gasteiger partial charge in [0.05, 0.1) is 7.11 Å². The average molecular weight is 290 g/mol. The van der Waals surface area contributed by atoms with Gasteiger partial charge >= 0.3 is 0 Å². The summed E-state index contributed by atoms with van der Waals surface area (Å²) >= 11 is 1.57. The maximum Gasteiger partial charge on any atom is 0.123 e. The number of nitrogen functional groups attached to an aromatic ring is 1. The Bertz CT molecular complexity index is 614. The minimum Gasteiger partial charge on any atom is -0.496 e. The number of ether oxygens (including phenoxy) is 1. The third kappa shape index (κ3) is 3.51. The lowest BCUT2D eigenvalue weighted by atomic mass is 10.1. The molecule has 20 heavy (non-hydrogen) atoms. The Labute approximate surface area is 121 Å². The van der Waals surface area contributed by atoms with Crippen LogP contribution in [0.15, 0.2) is 47.4 Å². The normalized spacial score (nSPS) is 10.3. The standard InChI is InChI=1S/C15H15FN2OS/c1-19-14-7-2-10(15(17)18)8-11(14)9-20-13-5-3-12(16)4-6-13/h2-8H,9H2,1H3,(H3,17,18). The number of hydrogen-bond donors (Lipinski definition) is 2. The summed E-state index contributed by atoms with van der Waals surface area (Å²) in [5.74, 6) is 1.20. The molecule has 0 unspecified atom stereocenters. The quantitative estimate of drug-likeness (QED) is 0.504. The lowest BCUT2D eigenvalue weighted by Crippen LogP contribution is -2.11. The number of halogens is 1. The van der Waals surface area contributed by atoms with Crippen LogP contribution in [0.3, 0.4) is 0 Å². The molecular formula is C15H15FN2OS. The molecule has 3 nitrogen and oxygen atoms in total. The molecule has 2 aromatic carbocycles. The van der Waals surface area contributed by atoms with Crippen molar-refractivity contribution in [1.29, 1.82) is 5.41 Å². The molecule has 0 aliphatic carbocycles. The third-order valence-electron chi connectivity index (χ3n) is 2.80. The molecule has 0 saturated heterocycles. The largest absolute Gasteiger partial charge is 0.496 e. The van der Waals surface area contributed by atoms with Gasteiger partial charge in [-0.15, -0.1) is 11.8 Å². The molecular weight excluding hydrogens is 275 g/mol. The van der Waals surface area contributed by atoms with E-state index in [0.29, 0.717) is 11.3 Å². The number of methoxy groups -OCH3 is 1. The van der Waals surface area contributed by atoms with E-state index >= 15 is 0 Å². The summed E-state index contributed by atoms with van der Waals surface area (Å²) in [5.41, 5.74) is 7.11. The highest BCUT2D eigenvalue weighted by Gasteiger charge is 2.07. The zero-order chi connectivity index (χ0) is 14.5. The molecule has 0 radical (unpaired) electrons. The van der Waals surface area contributed by atoms with E-state index in [4.69, 9.17) is 15.9 Å². The molecule has 2 rings (SSSR count). The van der Waals surface area contributed by atoms with Crippen molar-refractivity contribution in [2.45, 2.75) is 10.6 Å². The highest BCUT2D eigenvalue weighted by atomic mass is 32.2. The summed E-state index contributed by atoms with van der Waals surface area (Å²) in [6.45, 7) is 0. The predicted molar refractivity (Wildman–Crippen MR) is 80.0 cm³/mol. The summed E-state index contributed by atoms with van der Waals surface area (Å²) in [4.78, 5) is 0.974. The van der Waals surface area contributed by atoms with E-state index in [0.717, 1.165) is 16.2 Å². The Balaban J connectivity index is 2.16. The maximum absolute atomic E-state index is 12.8. The predicted octanol–water partition coefficient (Wildman–Crippen LogP) is 3.41. The molecule has 0 aliphatic heterocycles.